The van der Waals surface area contributed by atoms with E-state index in [4.69, 9.17) is 9.84 Å². The summed E-state index contributed by atoms with van der Waals surface area (Å²) >= 11 is 0. The molecule has 1 heterocycles. The van der Waals surface area contributed by atoms with Gasteiger partial charge in [0.25, 0.3) is 0 Å². The summed E-state index contributed by atoms with van der Waals surface area (Å²) in [6.07, 6.45) is 0.987. The van der Waals surface area contributed by atoms with Crippen molar-refractivity contribution in [2.75, 3.05) is 0 Å². The highest BCUT2D eigenvalue weighted by Crippen LogP contribution is 2.52. The lowest BCUT2D eigenvalue weighted by Crippen LogP contribution is -2.18. The Morgan fingerprint density at radius 3 is 2.27 bits per heavy atom. The molecular formula is C18H14O8. The molecule has 0 radical (unpaired) electrons. The minimum atomic E-state index is -1.26. The summed E-state index contributed by atoms with van der Waals surface area (Å²) in [6, 6.07) is 6.43. The normalized spacial score (nSPS) is 18.5. The van der Waals surface area contributed by atoms with Crippen molar-refractivity contribution in [3.05, 3.63) is 53.1 Å². The number of phenols is 3. The first-order valence-corrected chi connectivity index (χ1v) is 7.47. The molecule has 8 nitrogen and oxygen atoms in total. The Morgan fingerprint density at radius 2 is 1.65 bits per heavy atom. The van der Waals surface area contributed by atoms with Crippen molar-refractivity contribution < 1.29 is 39.9 Å². The average Bonchev–Trinajstić information content (AvgIpc) is 2.98. The summed E-state index contributed by atoms with van der Waals surface area (Å²) in [5.41, 5.74) is 0.683. The third-order valence-corrected chi connectivity index (χ3v) is 4.07. The fraction of sp³-hybridized carbons (Fsp3) is 0.111. The second-order valence-corrected chi connectivity index (χ2v) is 5.69. The van der Waals surface area contributed by atoms with Crippen molar-refractivity contribution in [1.29, 1.82) is 0 Å². The van der Waals surface area contributed by atoms with Gasteiger partial charge in [-0.1, -0.05) is 12.1 Å². The van der Waals surface area contributed by atoms with Crippen molar-refractivity contribution in [2.45, 2.75) is 12.0 Å². The Bertz CT molecular complexity index is 931. The van der Waals surface area contributed by atoms with E-state index < -0.39 is 29.7 Å². The summed E-state index contributed by atoms with van der Waals surface area (Å²) in [4.78, 5) is 22.7. The van der Waals surface area contributed by atoms with E-state index in [1.165, 1.54) is 36.4 Å². The Morgan fingerprint density at radius 1 is 0.962 bits per heavy atom. The zero-order chi connectivity index (χ0) is 19.0. The van der Waals surface area contributed by atoms with E-state index >= 15 is 0 Å². The molecule has 2 atom stereocenters. The largest absolute Gasteiger partial charge is 0.504 e. The average molecular weight is 358 g/mol. The van der Waals surface area contributed by atoms with E-state index in [9.17, 15) is 30.0 Å². The van der Waals surface area contributed by atoms with Gasteiger partial charge in [0.15, 0.2) is 23.0 Å². The summed E-state index contributed by atoms with van der Waals surface area (Å²) in [6.45, 7) is 0. The molecule has 1 aliphatic heterocycles. The molecule has 0 amide bonds. The quantitative estimate of drug-likeness (QED) is 0.413. The number of carbonyl (C=O) groups is 2. The first-order valence-electron chi connectivity index (χ1n) is 7.47. The minimum Gasteiger partial charge on any atom is -0.504 e. The van der Waals surface area contributed by atoms with Crippen LogP contribution >= 0.6 is 0 Å². The van der Waals surface area contributed by atoms with E-state index in [1.807, 2.05) is 0 Å². The molecule has 0 spiro atoms. The Labute approximate surface area is 146 Å². The highest BCUT2D eigenvalue weighted by Gasteiger charge is 2.43. The standard InChI is InChI=1S/C18H14O8/c19-10-4-2-9(7-12(10)21)16-15(18(24)25)14-8(3-6-13(22)23)1-5-11(20)17(14)26-16/h1-7,15-16,19-21H,(H,22,23)(H,24,25)/t15-,16-/m0/s1. The number of rotatable bonds is 4. The number of benzene rings is 2. The van der Waals surface area contributed by atoms with Gasteiger partial charge >= 0.3 is 11.9 Å². The van der Waals surface area contributed by atoms with Crippen molar-refractivity contribution in [3.63, 3.8) is 0 Å². The lowest BCUT2D eigenvalue weighted by atomic mass is 9.88. The molecule has 0 bridgehead atoms. The van der Waals surface area contributed by atoms with Gasteiger partial charge in [0.1, 0.15) is 12.0 Å². The molecule has 0 unspecified atom stereocenters. The van der Waals surface area contributed by atoms with Gasteiger partial charge in [0.2, 0.25) is 0 Å². The minimum absolute atomic E-state index is 0.0671. The highest BCUT2D eigenvalue weighted by atomic mass is 16.5. The van der Waals surface area contributed by atoms with Crippen LogP contribution in [-0.2, 0) is 9.59 Å². The third-order valence-electron chi connectivity index (χ3n) is 4.07. The smallest absolute Gasteiger partial charge is 0.328 e. The first-order chi connectivity index (χ1) is 12.3. The maximum atomic E-state index is 11.9. The monoisotopic (exact) mass is 358 g/mol. The fourth-order valence-electron chi connectivity index (χ4n) is 2.93. The SMILES string of the molecule is O=C(O)C=Cc1ccc(O)c2c1[C@H](C(=O)O)[C@H](c1ccc(O)c(O)c1)O2. The van der Waals surface area contributed by atoms with Crippen LogP contribution in [0.3, 0.4) is 0 Å². The zero-order valence-corrected chi connectivity index (χ0v) is 13.2. The first kappa shape index (κ1) is 17.2. The topological polar surface area (TPSA) is 145 Å². The molecular weight excluding hydrogens is 344 g/mol. The molecule has 5 N–H and O–H groups in total. The van der Waals surface area contributed by atoms with Gasteiger partial charge in [0.05, 0.1) is 0 Å². The molecule has 0 fully saturated rings. The van der Waals surface area contributed by atoms with E-state index in [0.29, 0.717) is 0 Å². The second-order valence-electron chi connectivity index (χ2n) is 5.69. The van der Waals surface area contributed by atoms with Crippen molar-refractivity contribution in [2.24, 2.45) is 0 Å². The van der Waals surface area contributed by atoms with Crippen LogP contribution in [0, 0.1) is 0 Å². The molecule has 2 aromatic rings. The lowest BCUT2D eigenvalue weighted by molar-refractivity contribution is -0.140. The molecule has 0 aliphatic carbocycles. The Kier molecular flexibility index (Phi) is 4.17. The van der Waals surface area contributed by atoms with Crippen LogP contribution in [0.2, 0.25) is 0 Å². The number of phenolic OH excluding ortho intramolecular Hbond substituents is 3. The van der Waals surface area contributed by atoms with Gasteiger partial charge in [-0.2, -0.15) is 0 Å². The molecule has 134 valence electrons. The van der Waals surface area contributed by atoms with Crippen LogP contribution in [0.4, 0.5) is 0 Å². The number of ether oxygens (including phenoxy) is 1. The fourth-order valence-corrected chi connectivity index (χ4v) is 2.93. The van der Waals surface area contributed by atoms with Crippen molar-refractivity contribution in [3.8, 4) is 23.0 Å². The van der Waals surface area contributed by atoms with E-state index in [2.05, 4.69) is 0 Å². The van der Waals surface area contributed by atoms with E-state index in [1.54, 1.807) is 0 Å². The number of carboxylic acid groups (broad SMARTS) is 2. The second kappa shape index (κ2) is 6.32. The number of aliphatic carboxylic acids is 2. The summed E-state index contributed by atoms with van der Waals surface area (Å²) < 4.78 is 5.64. The van der Waals surface area contributed by atoms with Gasteiger partial charge < -0.3 is 30.3 Å². The predicted molar refractivity (Wildman–Crippen MR) is 88.3 cm³/mol. The number of aromatic hydroxyl groups is 3. The third kappa shape index (κ3) is 2.88. The summed E-state index contributed by atoms with van der Waals surface area (Å²) in [5, 5.41) is 47.7. The van der Waals surface area contributed by atoms with Gasteiger partial charge in [-0.25, -0.2) is 4.79 Å². The van der Waals surface area contributed by atoms with Crippen LogP contribution in [0.25, 0.3) is 6.08 Å². The molecule has 3 rings (SSSR count). The Hall–Kier alpha value is -3.68. The molecule has 0 saturated heterocycles. The van der Waals surface area contributed by atoms with E-state index in [0.717, 1.165) is 6.08 Å². The molecule has 2 aromatic carbocycles. The lowest BCUT2D eigenvalue weighted by Gasteiger charge is -2.17. The van der Waals surface area contributed by atoms with Crippen LogP contribution in [-0.4, -0.2) is 37.5 Å². The van der Waals surface area contributed by atoms with Gasteiger partial charge in [-0.15, -0.1) is 0 Å². The molecule has 0 saturated carbocycles. The zero-order valence-electron chi connectivity index (χ0n) is 13.2. The Balaban J connectivity index is 2.15. The van der Waals surface area contributed by atoms with Gasteiger partial charge in [0, 0.05) is 11.6 Å². The molecule has 26 heavy (non-hydrogen) atoms. The van der Waals surface area contributed by atoms with Crippen LogP contribution in [0.15, 0.2) is 36.4 Å². The maximum Gasteiger partial charge on any atom is 0.328 e. The molecule has 8 heteroatoms. The molecule has 0 aromatic heterocycles. The van der Waals surface area contributed by atoms with Crippen LogP contribution in [0.5, 0.6) is 23.0 Å². The number of hydrogen-bond acceptors (Lipinski definition) is 6. The summed E-state index contributed by atoms with van der Waals surface area (Å²) in [5.74, 6) is -4.89. The summed E-state index contributed by atoms with van der Waals surface area (Å²) in [7, 11) is 0. The van der Waals surface area contributed by atoms with Gasteiger partial charge in [-0.3, -0.25) is 4.79 Å². The highest BCUT2D eigenvalue weighted by molar-refractivity contribution is 5.88. The van der Waals surface area contributed by atoms with Crippen molar-refractivity contribution >= 4 is 18.0 Å². The van der Waals surface area contributed by atoms with Crippen molar-refractivity contribution in [1.82, 2.24) is 0 Å². The number of carboxylic acids is 2. The molecule has 1 aliphatic rings. The maximum absolute atomic E-state index is 11.9. The van der Waals surface area contributed by atoms with E-state index in [-0.39, 0.29) is 33.9 Å². The predicted octanol–water partition coefficient (Wildman–Crippen LogP) is 2.20. The van der Waals surface area contributed by atoms with Gasteiger partial charge in [-0.05, 0) is 35.4 Å². The number of fused-ring (bicyclic) bond motifs is 1. The van der Waals surface area contributed by atoms with Crippen LogP contribution < -0.4 is 4.74 Å². The number of hydrogen-bond donors (Lipinski definition) is 5. The van der Waals surface area contributed by atoms with Crippen LogP contribution in [0.1, 0.15) is 28.7 Å².